The monoisotopic (exact) mass is 263 g/mol. The van der Waals surface area contributed by atoms with E-state index in [1.165, 1.54) is 20.0 Å². The maximum atomic E-state index is 11.9. The van der Waals surface area contributed by atoms with Crippen molar-refractivity contribution >= 4 is 5.97 Å². The van der Waals surface area contributed by atoms with Crippen LogP contribution in [0.2, 0.25) is 0 Å². The highest BCUT2D eigenvalue weighted by Crippen LogP contribution is 2.35. The van der Waals surface area contributed by atoms with Gasteiger partial charge in [-0.3, -0.25) is 0 Å². The summed E-state index contributed by atoms with van der Waals surface area (Å²) in [5.41, 5.74) is 0.844. The third-order valence-corrected chi connectivity index (χ3v) is 3.47. The molecule has 1 unspecified atom stereocenters. The Morgan fingerprint density at radius 2 is 2.21 bits per heavy atom. The van der Waals surface area contributed by atoms with Gasteiger partial charge in [-0.05, 0) is 43.0 Å². The Bertz CT molecular complexity index is 484. The summed E-state index contributed by atoms with van der Waals surface area (Å²) in [6.07, 6.45) is 2.48. The standard InChI is InChI=1S/C14H17NO4/c1-17-14(16)13(15-7-9-2-3-9)10-4-5-11-12(6-10)19-8-18-11/h4-6,9,13,15H,2-3,7-8H2,1H3. The molecule has 1 N–H and O–H groups in total. The molecule has 1 aromatic rings. The average molecular weight is 263 g/mol. The maximum Gasteiger partial charge on any atom is 0.327 e. The van der Waals surface area contributed by atoms with Gasteiger partial charge in [0.1, 0.15) is 6.04 Å². The second-order valence-electron chi connectivity index (χ2n) is 4.92. The van der Waals surface area contributed by atoms with Crippen LogP contribution in [0.1, 0.15) is 24.4 Å². The zero-order valence-corrected chi connectivity index (χ0v) is 10.8. The predicted octanol–water partition coefficient (Wildman–Crippen LogP) is 1.63. The van der Waals surface area contributed by atoms with E-state index in [9.17, 15) is 4.79 Å². The Morgan fingerprint density at radius 3 is 2.95 bits per heavy atom. The number of carbonyl (C=O) groups excluding carboxylic acids is 1. The minimum Gasteiger partial charge on any atom is -0.468 e. The Hall–Kier alpha value is -1.75. The fourth-order valence-electron chi connectivity index (χ4n) is 2.15. The van der Waals surface area contributed by atoms with Crippen molar-refractivity contribution in [1.29, 1.82) is 0 Å². The van der Waals surface area contributed by atoms with Gasteiger partial charge >= 0.3 is 5.97 Å². The fraction of sp³-hybridized carbons (Fsp3) is 0.500. The topological polar surface area (TPSA) is 56.8 Å². The first-order valence-electron chi connectivity index (χ1n) is 6.48. The van der Waals surface area contributed by atoms with Crippen molar-refractivity contribution in [3.05, 3.63) is 23.8 Å². The van der Waals surface area contributed by atoms with Crippen molar-refractivity contribution < 1.29 is 19.0 Å². The molecule has 3 rings (SSSR count). The number of hydrogen-bond acceptors (Lipinski definition) is 5. The normalized spacial score (nSPS) is 18.2. The molecule has 1 heterocycles. The minimum absolute atomic E-state index is 0.233. The van der Waals surface area contributed by atoms with Gasteiger partial charge in [-0.15, -0.1) is 0 Å². The lowest BCUT2D eigenvalue weighted by Gasteiger charge is -2.17. The van der Waals surface area contributed by atoms with Crippen LogP contribution in [0, 0.1) is 5.92 Å². The molecule has 1 aliphatic heterocycles. The molecule has 1 aliphatic carbocycles. The molecular formula is C14H17NO4. The Kier molecular flexibility index (Phi) is 3.29. The van der Waals surface area contributed by atoms with E-state index in [1.54, 1.807) is 0 Å². The van der Waals surface area contributed by atoms with Gasteiger partial charge in [-0.25, -0.2) is 4.79 Å². The van der Waals surface area contributed by atoms with Crippen molar-refractivity contribution in [2.45, 2.75) is 18.9 Å². The fourth-order valence-corrected chi connectivity index (χ4v) is 2.15. The van der Waals surface area contributed by atoms with Crippen LogP contribution in [0.25, 0.3) is 0 Å². The van der Waals surface area contributed by atoms with Crippen LogP contribution in [0.15, 0.2) is 18.2 Å². The summed E-state index contributed by atoms with van der Waals surface area (Å²) in [4.78, 5) is 11.9. The molecular weight excluding hydrogens is 246 g/mol. The summed E-state index contributed by atoms with van der Waals surface area (Å²) < 4.78 is 15.5. The number of ether oxygens (including phenoxy) is 3. The van der Waals surface area contributed by atoms with Crippen LogP contribution in [-0.2, 0) is 9.53 Å². The predicted molar refractivity (Wildman–Crippen MR) is 68.0 cm³/mol. The third kappa shape index (κ3) is 2.66. The van der Waals surface area contributed by atoms with E-state index in [-0.39, 0.29) is 12.8 Å². The largest absolute Gasteiger partial charge is 0.468 e. The molecule has 102 valence electrons. The first-order valence-corrected chi connectivity index (χ1v) is 6.48. The maximum absolute atomic E-state index is 11.9. The number of esters is 1. The Labute approximate surface area is 111 Å². The number of rotatable bonds is 5. The molecule has 1 atom stereocenters. The van der Waals surface area contributed by atoms with E-state index < -0.39 is 6.04 Å². The summed E-state index contributed by atoms with van der Waals surface area (Å²) in [7, 11) is 1.40. The number of benzene rings is 1. The molecule has 0 bridgehead atoms. The minimum atomic E-state index is -0.444. The molecule has 1 fully saturated rings. The molecule has 5 nitrogen and oxygen atoms in total. The second kappa shape index (κ2) is 5.09. The van der Waals surface area contributed by atoms with Crippen molar-refractivity contribution in [3.63, 3.8) is 0 Å². The van der Waals surface area contributed by atoms with Gasteiger partial charge in [-0.1, -0.05) is 6.07 Å². The number of hydrogen-bond donors (Lipinski definition) is 1. The lowest BCUT2D eigenvalue weighted by Crippen LogP contribution is -2.31. The van der Waals surface area contributed by atoms with Gasteiger partial charge in [0, 0.05) is 0 Å². The molecule has 0 aromatic heterocycles. The number of methoxy groups -OCH3 is 1. The number of fused-ring (bicyclic) bond motifs is 1. The van der Waals surface area contributed by atoms with Gasteiger partial charge in [0.2, 0.25) is 6.79 Å². The molecule has 0 radical (unpaired) electrons. The molecule has 1 saturated carbocycles. The average Bonchev–Trinajstić information content (AvgIpc) is 3.14. The molecule has 0 amide bonds. The molecule has 2 aliphatic rings. The molecule has 1 aromatic carbocycles. The number of carbonyl (C=O) groups is 1. The third-order valence-electron chi connectivity index (χ3n) is 3.47. The summed E-state index contributed by atoms with van der Waals surface area (Å²) >= 11 is 0. The molecule has 19 heavy (non-hydrogen) atoms. The van der Waals surface area contributed by atoms with Crippen LogP contribution in [0.4, 0.5) is 0 Å². The van der Waals surface area contributed by atoms with E-state index in [2.05, 4.69) is 5.32 Å². The van der Waals surface area contributed by atoms with Gasteiger partial charge in [0.25, 0.3) is 0 Å². The highest BCUT2D eigenvalue weighted by molar-refractivity contribution is 5.78. The van der Waals surface area contributed by atoms with Crippen LogP contribution in [0.3, 0.4) is 0 Å². The van der Waals surface area contributed by atoms with Gasteiger partial charge in [0.15, 0.2) is 11.5 Å². The molecule has 5 heteroatoms. The highest BCUT2D eigenvalue weighted by atomic mass is 16.7. The van der Waals surface area contributed by atoms with E-state index >= 15 is 0 Å². The van der Waals surface area contributed by atoms with E-state index in [1.807, 2.05) is 18.2 Å². The zero-order chi connectivity index (χ0) is 13.2. The first kappa shape index (κ1) is 12.3. The van der Waals surface area contributed by atoms with Crippen molar-refractivity contribution in [2.24, 2.45) is 5.92 Å². The highest BCUT2D eigenvalue weighted by Gasteiger charge is 2.27. The summed E-state index contributed by atoms with van der Waals surface area (Å²) in [6.45, 7) is 1.07. The van der Waals surface area contributed by atoms with Gasteiger partial charge in [-0.2, -0.15) is 0 Å². The van der Waals surface area contributed by atoms with Crippen molar-refractivity contribution in [1.82, 2.24) is 5.32 Å². The number of nitrogens with one attached hydrogen (secondary N) is 1. The first-order chi connectivity index (χ1) is 9.28. The zero-order valence-electron chi connectivity index (χ0n) is 10.8. The lowest BCUT2D eigenvalue weighted by molar-refractivity contribution is -0.143. The van der Waals surface area contributed by atoms with E-state index in [4.69, 9.17) is 14.2 Å². The van der Waals surface area contributed by atoms with Gasteiger partial charge < -0.3 is 19.5 Å². The van der Waals surface area contributed by atoms with Crippen LogP contribution >= 0.6 is 0 Å². The molecule has 0 saturated heterocycles. The Balaban J connectivity index is 1.78. The van der Waals surface area contributed by atoms with Crippen molar-refractivity contribution in [3.8, 4) is 11.5 Å². The lowest BCUT2D eigenvalue weighted by atomic mass is 10.1. The second-order valence-corrected chi connectivity index (χ2v) is 4.92. The summed E-state index contributed by atoms with van der Waals surface area (Å²) in [5.74, 6) is 1.81. The molecule has 0 spiro atoms. The smallest absolute Gasteiger partial charge is 0.327 e. The summed E-state index contributed by atoms with van der Waals surface area (Å²) in [5, 5.41) is 3.27. The summed E-state index contributed by atoms with van der Waals surface area (Å²) in [6, 6.07) is 5.09. The van der Waals surface area contributed by atoms with Crippen LogP contribution in [0.5, 0.6) is 11.5 Å². The van der Waals surface area contributed by atoms with Crippen LogP contribution < -0.4 is 14.8 Å². The quantitative estimate of drug-likeness (QED) is 0.818. The van der Waals surface area contributed by atoms with E-state index in [0.717, 1.165) is 17.9 Å². The van der Waals surface area contributed by atoms with Gasteiger partial charge in [0.05, 0.1) is 7.11 Å². The SMILES string of the molecule is COC(=O)C(NCC1CC1)c1ccc2c(c1)OCO2. The van der Waals surface area contributed by atoms with E-state index in [0.29, 0.717) is 11.7 Å². The van der Waals surface area contributed by atoms with Crippen LogP contribution in [-0.4, -0.2) is 26.4 Å². The Morgan fingerprint density at radius 1 is 1.42 bits per heavy atom. The van der Waals surface area contributed by atoms with Crippen molar-refractivity contribution in [2.75, 3.05) is 20.4 Å².